The van der Waals surface area contributed by atoms with E-state index in [1.807, 2.05) is 11.4 Å². The Bertz CT molecular complexity index is 414. The zero-order valence-corrected chi connectivity index (χ0v) is 12.3. The van der Waals surface area contributed by atoms with Crippen LogP contribution in [0.3, 0.4) is 0 Å². The first-order valence-electron chi connectivity index (χ1n) is 6.75. The average molecular weight is 266 g/mol. The first kappa shape index (κ1) is 13.6. The molecule has 0 amide bonds. The highest BCUT2D eigenvalue weighted by molar-refractivity contribution is 7.12. The van der Waals surface area contributed by atoms with E-state index in [1.54, 1.807) is 7.11 Å². The van der Waals surface area contributed by atoms with Crippen LogP contribution in [0.15, 0.2) is 11.4 Å². The maximum absolute atomic E-state index is 12.9. The zero-order valence-electron chi connectivity index (χ0n) is 11.5. The smallest absolute Gasteiger partial charge is 0.182 e. The molecule has 1 heterocycles. The van der Waals surface area contributed by atoms with Gasteiger partial charge in [-0.05, 0) is 36.6 Å². The number of thiophene rings is 1. The second-order valence-corrected chi connectivity index (χ2v) is 6.65. The predicted octanol–water partition coefficient (Wildman–Crippen LogP) is 4.55. The summed E-state index contributed by atoms with van der Waals surface area (Å²) in [6.45, 7) is 4.41. The van der Waals surface area contributed by atoms with Gasteiger partial charge in [0, 0.05) is 5.41 Å². The largest absolute Gasteiger partial charge is 0.495 e. The number of ether oxygens (including phenoxy) is 1. The molecule has 1 saturated carbocycles. The van der Waals surface area contributed by atoms with E-state index in [2.05, 4.69) is 13.8 Å². The van der Waals surface area contributed by atoms with E-state index < -0.39 is 0 Å². The van der Waals surface area contributed by atoms with Crippen LogP contribution in [0.5, 0.6) is 5.75 Å². The molecule has 0 N–H and O–H groups in total. The van der Waals surface area contributed by atoms with Crippen molar-refractivity contribution in [2.45, 2.75) is 46.0 Å². The van der Waals surface area contributed by atoms with E-state index in [0.29, 0.717) is 11.7 Å². The molecule has 2 rings (SSSR count). The Morgan fingerprint density at radius 3 is 2.67 bits per heavy atom. The summed E-state index contributed by atoms with van der Waals surface area (Å²) in [4.78, 5) is 13.7. The van der Waals surface area contributed by atoms with Gasteiger partial charge in [-0.25, -0.2) is 0 Å². The van der Waals surface area contributed by atoms with Crippen LogP contribution in [0.1, 0.15) is 55.6 Å². The van der Waals surface area contributed by atoms with Gasteiger partial charge in [0.25, 0.3) is 0 Å². The van der Waals surface area contributed by atoms with Crippen molar-refractivity contribution in [1.82, 2.24) is 0 Å². The van der Waals surface area contributed by atoms with Crippen molar-refractivity contribution in [3.63, 3.8) is 0 Å². The summed E-state index contributed by atoms with van der Waals surface area (Å²) < 4.78 is 5.31. The highest BCUT2D eigenvalue weighted by Crippen LogP contribution is 2.47. The molecule has 0 aliphatic heterocycles. The molecule has 3 heteroatoms. The molecule has 1 aromatic heterocycles. The molecule has 1 aliphatic carbocycles. The van der Waals surface area contributed by atoms with Crippen molar-refractivity contribution in [1.29, 1.82) is 0 Å². The Hall–Kier alpha value is -0.830. The fraction of sp³-hybridized carbons (Fsp3) is 0.667. The molecule has 1 aliphatic rings. The molecule has 100 valence electrons. The number of methoxy groups -OCH3 is 1. The Kier molecular flexibility index (Phi) is 4.10. The second kappa shape index (κ2) is 5.43. The molecule has 0 radical (unpaired) electrons. The standard InChI is InChI=1S/C15H22O2S/c1-11(2)10-15(7-4-5-8-15)14(16)13-12(17-3)6-9-18-13/h6,9,11H,4-5,7-8,10H2,1-3H3. The fourth-order valence-corrected chi connectivity index (χ4v) is 4.14. The van der Waals surface area contributed by atoms with Crippen molar-refractivity contribution < 1.29 is 9.53 Å². The van der Waals surface area contributed by atoms with Crippen molar-refractivity contribution in [2.24, 2.45) is 11.3 Å². The van der Waals surface area contributed by atoms with Gasteiger partial charge < -0.3 is 4.74 Å². The lowest BCUT2D eigenvalue weighted by Crippen LogP contribution is -2.29. The van der Waals surface area contributed by atoms with Gasteiger partial charge in [-0.2, -0.15) is 0 Å². The molecule has 0 aromatic carbocycles. The van der Waals surface area contributed by atoms with Crippen LogP contribution in [0.2, 0.25) is 0 Å². The maximum Gasteiger partial charge on any atom is 0.182 e. The van der Waals surface area contributed by atoms with Gasteiger partial charge >= 0.3 is 0 Å². The Morgan fingerprint density at radius 2 is 2.11 bits per heavy atom. The van der Waals surface area contributed by atoms with Crippen LogP contribution < -0.4 is 4.74 Å². The molecule has 1 fully saturated rings. The van der Waals surface area contributed by atoms with E-state index in [0.717, 1.165) is 29.9 Å². The number of rotatable bonds is 5. The Balaban J connectivity index is 2.29. The first-order valence-corrected chi connectivity index (χ1v) is 7.63. The number of carbonyl (C=O) groups excluding carboxylic acids is 1. The summed E-state index contributed by atoms with van der Waals surface area (Å²) in [5.74, 6) is 1.64. The molecule has 0 bridgehead atoms. The topological polar surface area (TPSA) is 26.3 Å². The van der Waals surface area contributed by atoms with Crippen molar-refractivity contribution in [3.8, 4) is 5.75 Å². The van der Waals surface area contributed by atoms with Crippen LogP contribution >= 0.6 is 11.3 Å². The normalized spacial score (nSPS) is 18.2. The van der Waals surface area contributed by atoms with Gasteiger partial charge in [0.1, 0.15) is 10.6 Å². The minimum absolute atomic E-state index is 0.119. The van der Waals surface area contributed by atoms with Crippen LogP contribution in [-0.2, 0) is 0 Å². The summed E-state index contributed by atoms with van der Waals surface area (Å²) in [5, 5.41) is 1.95. The summed E-state index contributed by atoms with van der Waals surface area (Å²) in [6.07, 6.45) is 5.47. The quantitative estimate of drug-likeness (QED) is 0.731. The van der Waals surface area contributed by atoms with Crippen molar-refractivity contribution in [2.75, 3.05) is 7.11 Å². The van der Waals surface area contributed by atoms with E-state index >= 15 is 0 Å². The molecule has 0 spiro atoms. The minimum atomic E-state index is -0.119. The maximum atomic E-state index is 12.9. The summed E-state index contributed by atoms with van der Waals surface area (Å²) in [7, 11) is 1.64. The van der Waals surface area contributed by atoms with Gasteiger partial charge in [0.15, 0.2) is 5.78 Å². The highest BCUT2D eigenvalue weighted by atomic mass is 32.1. The van der Waals surface area contributed by atoms with Gasteiger partial charge in [0.2, 0.25) is 0 Å². The van der Waals surface area contributed by atoms with Crippen LogP contribution in [0.4, 0.5) is 0 Å². The molecule has 0 atom stereocenters. The molecule has 0 saturated heterocycles. The third-order valence-corrected chi connectivity index (χ3v) is 4.79. The Labute approximate surface area is 113 Å². The monoisotopic (exact) mass is 266 g/mol. The minimum Gasteiger partial charge on any atom is -0.495 e. The first-order chi connectivity index (χ1) is 8.59. The number of hydrogen-bond donors (Lipinski definition) is 0. The highest BCUT2D eigenvalue weighted by Gasteiger charge is 2.42. The van der Waals surface area contributed by atoms with Crippen molar-refractivity contribution >= 4 is 17.1 Å². The van der Waals surface area contributed by atoms with E-state index in [4.69, 9.17) is 4.74 Å². The third-order valence-electron chi connectivity index (χ3n) is 3.90. The predicted molar refractivity (Wildman–Crippen MR) is 75.6 cm³/mol. The number of ketones is 1. The van der Waals surface area contributed by atoms with Gasteiger partial charge in [-0.15, -0.1) is 11.3 Å². The van der Waals surface area contributed by atoms with Crippen LogP contribution in [0, 0.1) is 11.3 Å². The fourth-order valence-electron chi connectivity index (χ4n) is 3.22. The van der Waals surface area contributed by atoms with E-state index in [9.17, 15) is 4.79 Å². The molecular weight excluding hydrogens is 244 g/mol. The van der Waals surface area contributed by atoms with Crippen molar-refractivity contribution in [3.05, 3.63) is 16.3 Å². The van der Waals surface area contributed by atoms with Gasteiger partial charge in [-0.1, -0.05) is 26.7 Å². The SMILES string of the molecule is COc1ccsc1C(=O)C1(CC(C)C)CCCC1. The summed E-state index contributed by atoms with van der Waals surface area (Å²) in [5.41, 5.74) is -0.119. The third kappa shape index (κ3) is 2.46. The molecule has 0 unspecified atom stereocenters. The molecule has 18 heavy (non-hydrogen) atoms. The lowest BCUT2D eigenvalue weighted by atomic mass is 9.74. The lowest BCUT2D eigenvalue weighted by Gasteiger charge is -2.29. The average Bonchev–Trinajstić information content (AvgIpc) is 2.95. The number of hydrogen-bond acceptors (Lipinski definition) is 3. The van der Waals surface area contributed by atoms with Gasteiger partial charge in [0.05, 0.1) is 7.11 Å². The number of carbonyl (C=O) groups is 1. The van der Waals surface area contributed by atoms with Crippen LogP contribution in [0.25, 0.3) is 0 Å². The second-order valence-electron chi connectivity index (χ2n) is 5.73. The summed E-state index contributed by atoms with van der Waals surface area (Å²) in [6, 6.07) is 1.90. The zero-order chi connectivity index (χ0) is 13.2. The molecule has 2 nitrogen and oxygen atoms in total. The molecular formula is C15H22O2S. The summed E-state index contributed by atoms with van der Waals surface area (Å²) >= 11 is 1.52. The molecule has 1 aromatic rings. The number of Topliss-reactive ketones (excluding diaryl/α,β-unsaturated/α-hetero) is 1. The van der Waals surface area contributed by atoms with Crippen LogP contribution in [-0.4, -0.2) is 12.9 Å². The van der Waals surface area contributed by atoms with E-state index in [-0.39, 0.29) is 5.41 Å². The van der Waals surface area contributed by atoms with E-state index in [1.165, 1.54) is 24.2 Å². The Morgan fingerprint density at radius 1 is 1.44 bits per heavy atom. The lowest BCUT2D eigenvalue weighted by molar-refractivity contribution is 0.0761. The van der Waals surface area contributed by atoms with Gasteiger partial charge in [-0.3, -0.25) is 4.79 Å².